The van der Waals surface area contributed by atoms with Gasteiger partial charge in [-0.05, 0) is 24.3 Å². The van der Waals surface area contributed by atoms with Crippen LogP contribution in [0, 0.1) is 0 Å². The van der Waals surface area contributed by atoms with Crippen molar-refractivity contribution in [1.29, 1.82) is 0 Å². The van der Waals surface area contributed by atoms with Crippen molar-refractivity contribution in [2.24, 2.45) is 0 Å². The predicted molar refractivity (Wildman–Crippen MR) is 123 cm³/mol. The first-order chi connectivity index (χ1) is 14.6. The van der Waals surface area contributed by atoms with E-state index >= 15 is 0 Å². The second-order valence-electron chi connectivity index (χ2n) is 6.33. The molecule has 0 heterocycles. The molecule has 0 fully saturated rings. The number of hydrogen-bond donors (Lipinski definition) is 2. The molecule has 0 aliphatic heterocycles. The molecule has 0 bridgehead atoms. The molecule has 4 rings (SSSR count). The lowest BCUT2D eigenvalue weighted by Gasteiger charge is -2.11. The van der Waals surface area contributed by atoms with Gasteiger partial charge in [-0.25, -0.2) is 4.21 Å². The maximum atomic E-state index is 12.7. The molecule has 0 aliphatic rings. The van der Waals surface area contributed by atoms with Crippen molar-refractivity contribution < 1.29 is 13.7 Å². The number of carbonyl (C=O) groups excluding carboxylic acids is 1. The number of nitrogens with one attached hydrogen (secondary N) is 1. The third-order valence-electron chi connectivity index (χ3n) is 4.33. The Labute approximate surface area is 178 Å². The number of aldehydes is 1. The summed E-state index contributed by atoms with van der Waals surface area (Å²) in [4.78, 5) is 10.7. The number of ether oxygens (including phenoxy) is 1. The Morgan fingerprint density at radius 1 is 0.867 bits per heavy atom. The minimum Gasteiger partial charge on any atom is -0.497 e. The quantitative estimate of drug-likeness (QED) is 0.350. The number of carbonyl (C=O) groups is 1. The Morgan fingerprint density at radius 2 is 1.57 bits per heavy atom. The van der Waals surface area contributed by atoms with E-state index < -0.39 is 11.0 Å². The lowest BCUT2D eigenvalue weighted by Crippen LogP contribution is -2.06. The molecule has 0 aliphatic carbocycles. The molecule has 1 atom stereocenters. The summed E-state index contributed by atoms with van der Waals surface area (Å²) < 4.78 is 20.8. The number of anilines is 2. The van der Waals surface area contributed by atoms with Crippen LogP contribution in [0.2, 0.25) is 0 Å². The van der Waals surface area contributed by atoms with Crippen molar-refractivity contribution in [3.8, 4) is 5.75 Å². The van der Waals surface area contributed by atoms with E-state index in [2.05, 4.69) is 4.72 Å². The van der Waals surface area contributed by atoms with Crippen LogP contribution in [0.3, 0.4) is 0 Å². The number of hydrogen-bond acceptors (Lipinski definition) is 4. The largest absolute Gasteiger partial charge is 0.497 e. The first-order valence-corrected chi connectivity index (χ1v) is 10.4. The Kier molecular flexibility index (Phi) is 7.19. The van der Waals surface area contributed by atoms with E-state index in [0.717, 1.165) is 28.3 Å². The van der Waals surface area contributed by atoms with Gasteiger partial charge < -0.3 is 15.2 Å². The number of nitrogens with two attached hydrogens (primary N) is 1. The number of benzene rings is 4. The molecule has 152 valence electrons. The van der Waals surface area contributed by atoms with Gasteiger partial charge in [0.25, 0.3) is 0 Å². The van der Waals surface area contributed by atoms with Crippen molar-refractivity contribution in [2.75, 3.05) is 17.6 Å². The SMILES string of the molecule is COc1cccc(NS(=O)c2ccc(N)c3ccccc23)c1.O=Cc1ccccc1. The Morgan fingerprint density at radius 3 is 2.23 bits per heavy atom. The van der Waals surface area contributed by atoms with Crippen LogP contribution >= 0.6 is 0 Å². The molecule has 3 N–H and O–H groups in total. The molecule has 0 amide bonds. The molecule has 0 saturated heterocycles. The van der Waals surface area contributed by atoms with Gasteiger partial charge in [0.1, 0.15) is 12.0 Å². The van der Waals surface area contributed by atoms with Gasteiger partial charge in [0, 0.05) is 28.1 Å². The zero-order valence-electron chi connectivity index (χ0n) is 16.4. The van der Waals surface area contributed by atoms with Crippen LogP contribution < -0.4 is 15.2 Å². The second kappa shape index (κ2) is 10.2. The summed E-state index contributed by atoms with van der Waals surface area (Å²) in [6.07, 6.45) is 0.833. The predicted octanol–water partition coefficient (Wildman–Crippen LogP) is 5.06. The average Bonchev–Trinajstić information content (AvgIpc) is 2.80. The number of methoxy groups -OCH3 is 1. The average molecular weight is 419 g/mol. The molecule has 30 heavy (non-hydrogen) atoms. The van der Waals surface area contributed by atoms with Crippen molar-refractivity contribution in [3.05, 3.63) is 96.6 Å². The maximum Gasteiger partial charge on any atom is 0.150 e. The van der Waals surface area contributed by atoms with E-state index in [9.17, 15) is 9.00 Å². The van der Waals surface area contributed by atoms with Crippen molar-refractivity contribution in [2.45, 2.75) is 4.90 Å². The monoisotopic (exact) mass is 418 g/mol. The lowest BCUT2D eigenvalue weighted by atomic mass is 10.1. The highest BCUT2D eigenvalue weighted by Gasteiger charge is 2.10. The molecule has 0 saturated carbocycles. The third-order valence-corrected chi connectivity index (χ3v) is 5.51. The molecule has 6 heteroatoms. The van der Waals surface area contributed by atoms with E-state index in [0.29, 0.717) is 16.3 Å². The summed E-state index contributed by atoms with van der Waals surface area (Å²) in [6, 6.07) is 27.7. The number of rotatable bonds is 5. The van der Waals surface area contributed by atoms with Gasteiger partial charge in [0.2, 0.25) is 0 Å². The van der Waals surface area contributed by atoms with Crippen LogP contribution in [0.1, 0.15) is 10.4 Å². The van der Waals surface area contributed by atoms with E-state index in [1.165, 1.54) is 0 Å². The van der Waals surface area contributed by atoms with Crippen LogP contribution in [-0.2, 0) is 11.0 Å². The minimum atomic E-state index is -1.39. The van der Waals surface area contributed by atoms with Crippen LogP contribution in [0.5, 0.6) is 5.75 Å². The summed E-state index contributed by atoms with van der Waals surface area (Å²) in [6.45, 7) is 0. The minimum absolute atomic E-state index is 0.678. The summed E-state index contributed by atoms with van der Waals surface area (Å²) >= 11 is 0. The van der Waals surface area contributed by atoms with Crippen LogP contribution in [-0.4, -0.2) is 17.6 Å². The van der Waals surface area contributed by atoms with Gasteiger partial charge in [-0.2, -0.15) is 0 Å². The Balaban J connectivity index is 0.000000269. The van der Waals surface area contributed by atoms with E-state index in [1.54, 1.807) is 37.4 Å². The highest BCUT2D eigenvalue weighted by molar-refractivity contribution is 7.86. The molecule has 4 aromatic rings. The number of fused-ring (bicyclic) bond motifs is 1. The van der Waals surface area contributed by atoms with Crippen molar-refractivity contribution in [1.82, 2.24) is 0 Å². The molecular weight excluding hydrogens is 396 g/mol. The van der Waals surface area contributed by atoms with E-state index in [-0.39, 0.29) is 0 Å². The Bertz CT molecular complexity index is 1160. The molecule has 4 aromatic carbocycles. The first kappa shape index (κ1) is 21.1. The zero-order chi connectivity index (χ0) is 21.3. The van der Waals surface area contributed by atoms with E-state index in [1.807, 2.05) is 60.7 Å². The fourth-order valence-electron chi connectivity index (χ4n) is 2.84. The van der Waals surface area contributed by atoms with Crippen LogP contribution in [0.4, 0.5) is 11.4 Å². The van der Waals surface area contributed by atoms with Crippen molar-refractivity contribution in [3.63, 3.8) is 0 Å². The van der Waals surface area contributed by atoms with Gasteiger partial charge >= 0.3 is 0 Å². The fraction of sp³-hybridized carbons (Fsp3) is 0.0417. The third kappa shape index (κ3) is 5.24. The maximum absolute atomic E-state index is 12.7. The van der Waals surface area contributed by atoms with Crippen LogP contribution in [0.15, 0.2) is 95.9 Å². The summed E-state index contributed by atoms with van der Waals surface area (Å²) in [5.74, 6) is 0.712. The molecule has 0 aromatic heterocycles. The molecule has 0 radical (unpaired) electrons. The lowest BCUT2D eigenvalue weighted by molar-refractivity contribution is 0.112. The summed E-state index contributed by atoms with van der Waals surface area (Å²) in [5.41, 5.74) is 8.12. The number of nitrogen functional groups attached to an aromatic ring is 1. The van der Waals surface area contributed by atoms with Gasteiger partial charge in [-0.1, -0.05) is 60.7 Å². The van der Waals surface area contributed by atoms with Gasteiger partial charge in [-0.15, -0.1) is 0 Å². The van der Waals surface area contributed by atoms with Gasteiger partial charge in [0.05, 0.1) is 17.7 Å². The normalized spacial score (nSPS) is 11.1. The molecular formula is C24H22N2O3S. The highest BCUT2D eigenvalue weighted by Crippen LogP contribution is 2.27. The topological polar surface area (TPSA) is 81.4 Å². The fourth-order valence-corrected chi connectivity index (χ4v) is 3.86. The molecule has 0 spiro atoms. The highest BCUT2D eigenvalue weighted by atomic mass is 32.2. The Hall–Kier alpha value is -3.64. The second-order valence-corrected chi connectivity index (χ2v) is 7.51. The smallest absolute Gasteiger partial charge is 0.150 e. The first-order valence-electron chi connectivity index (χ1n) is 9.22. The zero-order valence-corrected chi connectivity index (χ0v) is 17.3. The molecule has 1 unspecified atom stereocenters. The van der Waals surface area contributed by atoms with E-state index in [4.69, 9.17) is 10.5 Å². The standard InChI is InChI=1S/C17H16N2O2S.C7H6O/c1-21-13-6-4-5-12(11-13)19-22(20)17-10-9-16(18)14-7-2-3-8-15(14)17;8-6-7-4-2-1-3-5-7/h2-11,19H,18H2,1H3;1-6H. The summed E-state index contributed by atoms with van der Waals surface area (Å²) in [5, 5.41) is 1.79. The molecule has 5 nitrogen and oxygen atoms in total. The van der Waals surface area contributed by atoms with Crippen molar-refractivity contribution >= 4 is 39.4 Å². The van der Waals surface area contributed by atoms with Gasteiger partial charge in [0.15, 0.2) is 11.0 Å². The van der Waals surface area contributed by atoms with Gasteiger partial charge in [-0.3, -0.25) is 4.79 Å². The van der Waals surface area contributed by atoms with Crippen LogP contribution in [0.25, 0.3) is 10.8 Å². The summed E-state index contributed by atoms with van der Waals surface area (Å²) in [7, 11) is 0.212.